The lowest BCUT2D eigenvalue weighted by molar-refractivity contribution is 0.629. The maximum Gasteiger partial charge on any atom is 0.147 e. The highest BCUT2D eigenvalue weighted by molar-refractivity contribution is 7.25. The van der Waals surface area contributed by atoms with Crippen LogP contribution in [-0.2, 0) is 0 Å². The van der Waals surface area contributed by atoms with Crippen molar-refractivity contribution in [2.45, 2.75) is 0 Å². The molecule has 8 aromatic carbocycles. The van der Waals surface area contributed by atoms with Gasteiger partial charge in [0.05, 0.1) is 16.7 Å². The van der Waals surface area contributed by atoms with E-state index in [0.29, 0.717) is 5.69 Å². The summed E-state index contributed by atoms with van der Waals surface area (Å²) in [6, 6.07) is 56.3. The quantitative estimate of drug-likeness (QED) is 0.127. The molecule has 0 unspecified atom stereocenters. The maximum absolute atomic E-state index is 15.2. The Kier molecular flexibility index (Phi) is 6.58. The third kappa shape index (κ3) is 4.53. The van der Waals surface area contributed by atoms with E-state index in [1.165, 1.54) is 70.1 Å². The van der Waals surface area contributed by atoms with Gasteiger partial charge in [0.1, 0.15) is 5.82 Å². The van der Waals surface area contributed by atoms with E-state index in [-0.39, 0.29) is 5.82 Å². The molecule has 0 saturated carbocycles. The summed E-state index contributed by atoms with van der Waals surface area (Å²) in [7, 11) is 0. The Morgan fingerprint density at radius 2 is 1.30 bits per heavy atom. The Bertz CT molecular complexity index is 2880. The number of halogens is 1. The molecule has 236 valence electrons. The highest BCUT2D eigenvalue weighted by Crippen LogP contribution is 2.43. The number of aromatic nitrogens is 1. The van der Waals surface area contributed by atoms with Crippen LogP contribution in [0.25, 0.3) is 70.6 Å². The first-order valence-corrected chi connectivity index (χ1v) is 17.6. The number of thiophene rings is 1. The molecule has 2 nitrogen and oxygen atoms in total. The van der Waals surface area contributed by atoms with Crippen LogP contribution in [0.5, 0.6) is 0 Å². The topological polar surface area (TPSA) is 8.17 Å². The van der Waals surface area contributed by atoms with Crippen LogP contribution in [0.15, 0.2) is 164 Å². The number of hydrogen-bond acceptors (Lipinski definition) is 2. The minimum absolute atomic E-state index is 0.255. The molecule has 2 heterocycles. The fourth-order valence-corrected chi connectivity index (χ4v) is 8.69. The van der Waals surface area contributed by atoms with Crippen LogP contribution in [0.3, 0.4) is 0 Å². The molecule has 0 saturated heterocycles. The van der Waals surface area contributed by atoms with E-state index in [1.807, 2.05) is 47.4 Å². The summed E-state index contributed by atoms with van der Waals surface area (Å²) in [5.41, 5.74) is 8.34. The summed E-state index contributed by atoms with van der Waals surface area (Å²) >= 11 is 1.79. The van der Waals surface area contributed by atoms with Crippen LogP contribution in [-0.4, -0.2) is 4.57 Å². The van der Waals surface area contributed by atoms with Gasteiger partial charge in [-0.1, -0.05) is 103 Å². The Hall–Kier alpha value is -6.23. The third-order valence-corrected chi connectivity index (χ3v) is 10.9. The van der Waals surface area contributed by atoms with Gasteiger partial charge < -0.3 is 9.47 Å². The molecule has 0 radical (unpaired) electrons. The highest BCUT2D eigenvalue weighted by atomic mass is 32.1. The molecule has 0 N–H and O–H groups in total. The molecule has 0 atom stereocenters. The van der Waals surface area contributed by atoms with E-state index >= 15 is 4.39 Å². The number of para-hydroxylation sites is 3. The van der Waals surface area contributed by atoms with Gasteiger partial charge in [-0.05, 0) is 94.7 Å². The summed E-state index contributed by atoms with van der Waals surface area (Å²) in [5.74, 6) is -0.255. The van der Waals surface area contributed by atoms with Crippen molar-refractivity contribution in [3.05, 3.63) is 181 Å². The lowest BCUT2D eigenvalue weighted by Gasteiger charge is -2.25. The Morgan fingerprint density at radius 3 is 2.16 bits per heavy atom. The van der Waals surface area contributed by atoms with Crippen molar-refractivity contribution in [1.82, 2.24) is 4.57 Å². The van der Waals surface area contributed by atoms with E-state index in [2.05, 4.69) is 126 Å². The standard InChI is InChI=1S/C46H29FN2S/c47-39-15-7-8-16-40(39)48(33-11-3-1-4-12-33)35-23-27-43-38(29-35)37-24-19-30(28-44(37)50-43)18-20-31-22-26-42-46-36(31)25-21-32-10-9-17-41(45(32)46)49(42)34-13-5-2-6-14-34/h1-29H/b20-18+. The first-order chi connectivity index (χ1) is 24.7. The molecule has 0 amide bonds. The molecular formula is C46H29FN2S. The lowest BCUT2D eigenvalue weighted by Crippen LogP contribution is -2.11. The van der Waals surface area contributed by atoms with Gasteiger partial charge in [-0.25, -0.2) is 4.39 Å². The zero-order chi connectivity index (χ0) is 33.2. The average molecular weight is 661 g/mol. The number of fused-ring (bicyclic) bond motifs is 3. The molecule has 0 aliphatic carbocycles. The number of anilines is 3. The molecule has 0 bridgehead atoms. The summed E-state index contributed by atoms with van der Waals surface area (Å²) in [4.78, 5) is 1.99. The number of benzene rings is 8. The molecule has 10 aromatic rings. The predicted octanol–water partition coefficient (Wildman–Crippen LogP) is 13.5. The van der Waals surface area contributed by atoms with Crippen LogP contribution in [0.2, 0.25) is 0 Å². The molecule has 10 rings (SSSR count). The average Bonchev–Trinajstić information content (AvgIpc) is 3.71. The second kappa shape index (κ2) is 11.4. The van der Waals surface area contributed by atoms with Gasteiger partial charge >= 0.3 is 0 Å². The summed E-state index contributed by atoms with van der Waals surface area (Å²) < 4.78 is 20.0. The molecule has 0 aliphatic rings. The van der Waals surface area contributed by atoms with Crippen molar-refractivity contribution in [3.63, 3.8) is 0 Å². The van der Waals surface area contributed by atoms with Gasteiger partial charge in [-0.15, -0.1) is 11.3 Å². The second-order valence-corrected chi connectivity index (χ2v) is 13.8. The van der Waals surface area contributed by atoms with Crippen molar-refractivity contribution in [2.75, 3.05) is 4.90 Å². The van der Waals surface area contributed by atoms with Crippen molar-refractivity contribution in [1.29, 1.82) is 0 Å². The van der Waals surface area contributed by atoms with Crippen LogP contribution < -0.4 is 4.90 Å². The molecule has 4 heteroatoms. The largest absolute Gasteiger partial charge is 0.309 e. The smallest absolute Gasteiger partial charge is 0.147 e. The van der Waals surface area contributed by atoms with Gasteiger partial charge in [0, 0.05) is 48.0 Å². The fraction of sp³-hybridized carbons (Fsp3) is 0. The van der Waals surface area contributed by atoms with Crippen molar-refractivity contribution < 1.29 is 4.39 Å². The molecule has 0 aliphatic heterocycles. The second-order valence-electron chi connectivity index (χ2n) is 12.7. The summed E-state index contributed by atoms with van der Waals surface area (Å²) in [6.45, 7) is 0. The van der Waals surface area contributed by atoms with Crippen LogP contribution >= 0.6 is 11.3 Å². The zero-order valence-electron chi connectivity index (χ0n) is 26.9. The van der Waals surface area contributed by atoms with Crippen LogP contribution in [0.4, 0.5) is 21.5 Å². The van der Waals surface area contributed by atoms with E-state index in [0.717, 1.165) is 16.9 Å². The number of nitrogens with zero attached hydrogens (tertiary/aromatic N) is 2. The molecule has 50 heavy (non-hydrogen) atoms. The molecule has 0 fully saturated rings. The normalized spacial score (nSPS) is 12.0. The van der Waals surface area contributed by atoms with E-state index < -0.39 is 0 Å². The number of hydrogen-bond donors (Lipinski definition) is 0. The number of rotatable bonds is 6. The first kappa shape index (κ1) is 28.8. The van der Waals surface area contributed by atoms with Gasteiger partial charge in [0.2, 0.25) is 0 Å². The predicted molar refractivity (Wildman–Crippen MR) is 212 cm³/mol. The van der Waals surface area contributed by atoms with Crippen LogP contribution in [0.1, 0.15) is 11.1 Å². The first-order valence-electron chi connectivity index (χ1n) is 16.8. The third-order valence-electron chi connectivity index (χ3n) is 9.81. The van der Waals surface area contributed by atoms with Gasteiger partial charge in [0.15, 0.2) is 0 Å². The van der Waals surface area contributed by atoms with Crippen LogP contribution in [0, 0.1) is 5.82 Å². The van der Waals surface area contributed by atoms with Gasteiger partial charge in [-0.2, -0.15) is 0 Å². The van der Waals surface area contributed by atoms with Gasteiger partial charge in [-0.3, -0.25) is 0 Å². The SMILES string of the molecule is Fc1ccccc1N(c1ccccc1)c1ccc2sc3cc(/C=C/c4ccc5c6c4ccc4cccc(c46)n5-c4ccccc4)ccc3c2c1. The van der Waals surface area contributed by atoms with Crippen molar-refractivity contribution >= 4 is 93.3 Å². The molecule has 0 spiro atoms. The summed E-state index contributed by atoms with van der Waals surface area (Å²) in [5, 5.41) is 7.50. The van der Waals surface area contributed by atoms with E-state index in [1.54, 1.807) is 17.4 Å². The Balaban J connectivity index is 1.05. The Morgan fingerprint density at radius 1 is 0.520 bits per heavy atom. The Labute approximate surface area is 292 Å². The monoisotopic (exact) mass is 660 g/mol. The minimum atomic E-state index is -0.255. The van der Waals surface area contributed by atoms with E-state index in [4.69, 9.17) is 0 Å². The summed E-state index contributed by atoms with van der Waals surface area (Å²) in [6.07, 6.45) is 4.47. The minimum Gasteiger partial charge on any atom is -0.309 e. The highest BCUT2D eigenvalue weighted by Gasteiger charge is 2.19. The lowest BCUT2D eigenvalue weighted by atomic mass is 9.98. The van der Waals surface area contributed by atoms with Gasteiger partial charge in [0.25, 0.3) is 0 Å². The zero-order valence-corrected chi connectivity index (χ0v) is 27.7. The van der Waals surface area contributed by atoms with Crippen molar-refractivity contribution in [3.8, 4) is 5.69 Å². The van der Waals surface area contributed by atoms with Crippen molar-refractivity contribution in [2.24, 2.45) is 0 Å². The molecular weight excluding hydrogens is 632 g/mol. The molecule has 2 aromatic heterocycles. The maximum atomic E-state index is 15.2. The van der Waals surface area contributed by atoms with E-state index in [9.17, 15) is 0 Å². The fourth-order valence-electron chi connectivity index (χ4n) is 7.56.